The van der Waals surface area contributed by atoms with Gasteiger partial charge in [0.1, 0.15) is 0 Å². The van der Waals surface area contributed by atoms with Crippen molar-refractivity contribution >= 4 is 5.91 Å². The molecule has 0 aromatic heterocycles. The molecule has 1 heterocycles. The number of rotatable bonds is 2. The first-order valence-electron chi connectivity index (χ1n) is 4.74. The van der Waals surface area contributed by atoms with Crippen molar-refractivity contribution < 1.29 is 4.79 Å². The number of nitrogens with zero attached hydrogens (tertiary/aromatic N) is 1. The van der Waals surface area contributed by atoms with Gasteiger partial charge in [-0.1, -0.05) is 0 Å². The summed E-state index contributed by atoms with van der Waals surface area (Å²) in [5.41, 5.74) is 5.53. The van der Waals surface area contributed by atoms with Gasteiger partial charge in [-0.25, -0.2) is 0 Å². The van der Waals surface area contributed by atoms with E-state index >= 15 is 0 Å². The van der Waals surface area contributed by atoms with Crippen LogP contribution in [0.25, 0.3) is 0 Å². The summed E-state index contributed by atoms with van der Waals surface area (Å²) < 4.78 is 0. The largest absolute Gasteiger partial charge is 0.338 e. The number of nitrogens with two attached hydrogens (primary N) is 1. The zero-order chi connectivity index (χ0) is 8.72. The first kappa shape index (κ1) is 8.05. The summed E-state index contributed by atoms with van der Waals surface area (Å²) in [6.45, 7) is 3.58. The van der Waals surface area contributed by atoms with Gasteiger partial charge in [-0.3, -0.25) is 4.79 Å². The summed E-state index contributed by atoms with van der Waals surface area (Å²) >= 11 is 0. The normalized spacial score (nSPS) is 36.2. The Morgan fingerprint density at radius 3 is 2.75 bits per heavy atom. The van der Waals surface area contributed by atoms with Gasteiger partial charge < -0.3 is 10.6 Å². The van der Waals surface area contributed by atoms with Crippen LogP contribution in [0.1, 0.15) is 19.8 Å². The third-order valence-electron chi connectivity index (χ3n) is 3.32. The van der Waals surface area contributed by atoms with Crippen molar-refractivity contribution in [2.75, 3.05) is 13.1 Å². The molecule has 2 rings (SSSR count). The topological polar surface area (TPSA) is 46.3 Å². The molecule has 68 valence electrons. The predicted molar refractivity (Wildman–Crippen MR) is 46.4 cm³/mol. The molecule has 12 heavy (non-hydrogen) atoms. The second kappa shape index (κ2) is 2.73. The van der Waals surface area contributed by atoms with Crippen molar-refractivity contribution in [2.45, 2.75) is 25.8 Å². The van der Waals surface area contributed by atoms with Crippen molar-refractivity contribution in [3.63, 3.8) is 0 Å². The second-order valence-electron chi connectivity index (χ2n) is 4.02. The number of amides is 1. The summed E-state index contributed by atoms with van der Waals surface area (Å²) in [5.74, 6) is 1.37. The average Bonchev–Trinajstić information content (AvgIpc) is 2.22. The van der Waals surface area contributed by atoms with Gasteiger partial charge in [-0.2, -0.15) is 0 Å². The van der Waals surface area contributed by atoms with Crippen LogP contribution in [0.5, 0.6) is 0 Å². The minimum atomic E-state index is 0.239. The molecule has 1 aliphatic heterocycles. The van der Waals surface area contributed by atoms with Crippen molar-refractivity contribution in [2.24, 2.45) is 17.6 Å². The van der Waals surface area contributed by atoms with E-state index in [0.717, 1.165) is 13.0 Å². The molecule has 0 radical (unpaired) electrons. The smallest absolute Gasteiger partial charge is 0.226 e. The van der Waals surface area contributed by atoms with Crippen LogP contribution in [0.3, 0.4) is 0 Å². The minimum Gasteiger partial charge on any atom is -0.338 e. The Balaban J connectivity index is 2.04. The fourth-order valence-electron chi connectivity index (χ4n) is 2.19. The maximum atomic E-state index is 11.6. The lowest BCUT2D eigenvalue weighted by Crippen LogP contribution is -2.40. The van der Waals surface area contributed by atoms with Crippen molar-refractivity contribution in [3.05, 3.63) is 0 Å². The van der Waals surface area contributed by atoms with Crippen LogP contribution in [0.15, 0.2) is 0 Å². The van der Waals surface area contributed by atoms with Gasteiger partial charge in [0.15, 0.2) is 0 Å². The van der Waals surface area contributed by atoms with Gasteiger partial charge in [-0.05, 0) is 25.7 Å². The monoisotopic (exact) mass is 168 g/mol. The van der Waals surface area contributed by atoms with E-state index in [-0.39, 0.29) is 6.04 Å². The highest BCUT2D eigenvalue weighted by atomic mass is 16.2. The molecule has 1 amide bonds. The highest BCUT2D eigenvalue weighted by Gasteiger charge is 2.46. The van der Waals surface area contributed by atoms with E-state index in [9.17, 15) is 4.79 Å². The molecule has 2 fully saturated rings. The van der Waals surface area contributed by atoms with Gasteiger partial charge in [0.25, 0.3) is 0 Å². The highest BCUT2D eigenvalue weighted by molar-refractivity contribution is 5.82. The van der Waals surface area contributed by atoms with Gasteiger partial charge >= 0.3 is 0 Å². The zero-order valence-electron chi connectivity index (χ0n) is 7.49. The zero-order valence-corrected chi connectivity index (χ0v) is 7.49. The Morgan fingerprint density at radius 1 is 1.67 bits per heavy atom. The molecule has 2 aliphatic rings. The summed E-state index contributed by atoms with van der Waals surface area (Å²) in [6.07, 6.45) is 2.35. The SMILES string of the molecule is CC(CN)N1CC2CCC2C1=O. The molecular weight excluding hydrogens is 152 g/mol. The molecule has 3 atom stereocenters. The van der Waals surface area contributed by atoms with Crippen molar-refractivity contribution in [1.29, 1.82) is 0 Å². The minimum absolute atomic E-state index is 0.239. The molecule has 0 bridgehead atoms. The van der Waals surface area contributed by atoms with E-state index in [1.54, 1.807) is 0 Å². The van der Waals surface area contributed by atoms with Gasteiger partial charge in [0.05, 0.1) is 0 Å². The van der Waals surface area contributed by atoms with Crippen molar-refractivity contribution in [3.8, 4) is 0 Å². The van der Waals surface area contributed by atoms with Gasteiger partial charge in [0, 0.05) is 25.0 Å². The first-order chi connectivity index (χ1) is 5.74. The van der Waals surface area contributed by atoms with E-state index in [2.05, 4.69) is 0 Å². The Bertz CT molecular complexity index is 205. The molecule has 0 aromatic carbocycles. The number of carbonyl (C=O) groups is 1. The third kappa shape index (κ3) is 0.959. The highest BCUT2D eigenvalue weighted by Crippen LogP contribution is 2.41. The molecule has 2 N–H and O–H groups in total. The lowest BCUT2D eigenvalue weighted by molar-refractivity contribution is -0.133. The molecule has 3 nitrogen and oxygen atoms in total. The standard InChI is InChI=1S/C9H16N2O/c1-6(4-10)11-5-7-2-3-8(7)9(11)12/h6-8H,2-5,10H2,1H3. The van der Waals surface area contributed by atoms with Crippen LogP contribution in [0.2, 0.25) is 0 Å². The Hall–Kier alpha value is -0.570. The molecular formula is C9H16N2O. The quantitative estimate of drug-likeness (QED) is 0.640. The van der Waals surface area contributed by atoms with Crippen LogP contribution < -0.4 is 5.73 Å². The molecule has 1 saturated carbocycles. The third-order valence-corrected chi connectivity index (χ3v) is 3.32. The maximum Gasteiger partial charge on any atom is 0.226 e. The molecule has 1 saturated heterocycles. The second-order valence-corrected chi connectivity index (χ2v) is 4.02. The summed E-state index contributed by atoms with van der Waals surface area (Å²) in [4.78, 5) is 13.6. The molecule has 1 aliphatic carbocycles. The Labute approximate surface area is 72.9 Å². The van der Waals surface area contributed by atoms with Crippen LogP contribution in [-0.2, 0) is 4.79 Å². The number of hydrogen-bond donors (Lipinski definition) is 1. The van der Waals surface area contributed by atoms with E-state index in [1.807, 2.05) is 11.8 Å². The number of fused-ring (bicyclic) bond motifs is 1. The number of carbonyl (C=O) groups excluding carboxylic acids is 1. The van der Waals surface area contributed by atoms with Crippen LogP contribution >= 0.6 is 0 Å². The first-order valence-corrected chi connectivity index (χ1v) is 4.74. The van der Waals surface area contributed by atoms with Crippen molar-refractivity contribution in [1.82, 2.24) is 4.90 Å². The average molecular weight is 168 g/mol. The Morgan fingerprint density at radius 2 is 2.42 bits per heavy atom. The fourth-order valence-corrected chi connectivity index (χ4v) is 2.19. The summed E-state index contributed by atoms with van der Waals surface area (Å²) in [5, 5.41) is 0. The van der Waals surface area contributed by atoms with Crippen LogP contribution in [0.4, 0.5) is 0 Å². The maximum absolute atomic E-state index is 11.6. The lowest BCUT2D eigenvalue weighted by atomic mass is 9.76. The van der Waals surface area contributed by atoms with E-state index < -0.39 is 0 Å². The van der Waals surface area contributed by atoms with Crippen LogP contribution in [0, 0.1) is 11.8 Å². The van der Waals surface area contributed by atoms with Crippen LogP contribution in [-0.4, -0.2) is 29.9 Å². The fraction of sp³-hybridized carbons (Fsp3) is 0.889. The molecule has 3 heteroatoms. The molecule has 0 aromatic rings. The molecule has 0 spiro atoms. The lowest BCUT2D eigenvalue weighted by Gasteiger charge is -2.25. The predicted octanol–water partition coefficient (Wildman–Crippen LogP) is 0.202. The number of likely N-dealkylation sites (tertiary alicyclic amines) is 1. The van der Waals surface area contributed by atoms with E-state index in [1.165, 1.54) is 6.42 Å². The van der Waals surface area contributed by atoms with E-state index in [4.69, 9.17) is 5.73 Å². The summed E-state index contributed by atoms with van der Waals surface area (Å²) in [6, 6.07) is 0.239. The summed E-state index contributed by atoms with van der Waals surface area (Å²) in [7, 11) is 0. The van der Waals surface area contributed by atoms with E-state index in [0.29, 0.717) is 24.3 Å². The van der Waals surface area contributed by atoms with Gasteiger partial charge in [-0.15, -0.1) is 0 Å². The van der Waals surface area contributed by atoms with Gasteiger partial charge in [0.2, 0.25) is 5.91 Å². The Kier molecular flexibility index (Phi) is 1.83. The number of hydrogen-bond acceptors (Lipinski definition) is 2. The molecule has 3 unspecified atom stereocenters.